The Morgan fingerprint density at radius 1 is 1.08 bits per heavy atom. The van der Waals surface area contributed by atoms with Gasteiger partial charge in [-0.05, 0) is 51.2 Å². The number of carbonyl (C=O) groups excluding carboxylic acids is 1. The topological polar surface area (TPSA) is 107 Å². The van der Waals surface area contributed by atoms with E-state index in [-0.39, 0.29) is 12.0 Å². The molecule has 4 rings (SSSR count). The van der Waals surface area contributed by atoms with Crippen molar-refractivity contribution in [2.45, 2.75) is 36.6 Å². The third-order valence-corrected chi connectivity index (χ3v) is 7.19. The molecule has 1 fully saturated rings. The first-order valence-electron chi connectivity index (χ1n) is 12.0. The molecule has 9 heteroatoms. The lowest BCUT2D eigenvalue weighted by molar-refractivity contribution is -0.160. The Hall–Kier alpha value is -3.01. The maximum atomic E-state index is 12.6. The van der Waals surface area contributed by atoms with Gasteiger partial charge in [-0.15, -0.1) is 0 Å². The molecule has 2 N–H and O–H groups in total. The van der Waals surface area contributed by atoms with Gasteiger partial charge in [0.15, 0.2) is 11.2 Å². The SMILES string of the molecule is COC(=O)[C@@H]1C[C@]2(c3ccc(OC)cc3)Oc3cc(OCCCCN(C)C)cc(OC)c3[C@]2(O)[C@@H]1O. The van der Waals surface area contributed by atoms with Gasteiger partial charge in [0.25, 0.3) is 0 Å². The molecule has 0 aromatic heterocycles. The first-order valence-corrected chi connectivity index (χ1v) is 12.0. The molecular weight excluding hydrogens is 466 g/mol. The van der Waals surface area contributed by atoms with Crippen LogP contribution in [0.25, 0.3) is 0 Å². The van der Waals surface area contributed by atoms with Gasteiger partial charge < -0.3 is 38.8 Å². The summed E-state index contributed by atoms with van der Waals surface area (Å²) in [5, 5.41) is 23.6. The molecule has 0 saturated heterocycles. The lowest BCUT2D eigenvalue weighted by atomic mass is 9.76. The van der Waals surface area contributed by atoms with Crippen molar-refractivity contribution in [2.24, 2.45) is 5.92 Å². The molecule has 9 nitrogen and oxygen atoms in total. The van der Waals surface area contributed by atoms with Gasteiger partial charge in [0, 0.05) is 18.6 Å². The molecule has 2 aliphatic rings. The van der Waals surface area contributed by atoms with Gasteiger partial charge >= 0.3 is 5.97 Å². The average Bonchev–Trinajstić information content (AvgIpc) is 3.27. The van der Waals surface area contributed by atoms with Crippen molar-refractivity contribution >= 4 is 5.97 Å². The molecule has 36 heavy (non-hydrogen) atoms. The quantitative estimate of drug-likeness (QED) is 0.375. The van der Waals surface area contributed by atoms with E-state index in [9.17, 15) is 15.0 Å². The number of unbranched alkanes of at least 4 members (excludes halogenated alkanes) is 1. The fraction of sp³-hybridized carbons (Fsp3) is 0.519. The highest BCUT2D eigenvalue weighted by atomic mass is 16.5. The molecule has 0 amide bonds. The Morgan fingerprint density at radius 3 is 2.42 bits per heavy atom. The molecule has 196 valence electrons. The number of hydrogen-bond donors (Lipinski definition) is 2. The maximum absolute atomic E-state index is 12.6. The van der Waals surface area contributed by atoms with Crippen LogP contribution < -0.4 is 18.9 Å². The smallest absolute Gasteiger partial charge is 0.311 e. The fourth-order valence-corrected chi connectivity index (χ4v) is 5.37. The molecule has 1 aliphatic carbocycles. The molecule has 2 aromatic carbocycles. The minimum atomic E-state index is -1.98. The summed E-state index contributed by atoms with van der Waals surface area (Å²) in [6.45, 7) is 1.48. The number of carbonyl (C=O) groups is 1. The lowest BCUT2D eigenvalue weighted by Crippen LogP contribution is -2.50. The Balaban J connectivity index is 1.75. The Labute approximate surface area is 211 Å². The number of fused-ring (bicyclic) bond motifs is 3. The van der Waals surface area contributed by atoms with E-state index in [1.54, 1.807) is 43.5 Å². The summed E-state index contributed by atoms with van der Waals surface area (Å²) in [6.07, 6.45) is 0.368. The molecule has 0 unspecified atom stereocenters. The minimum Gasteiger partial charge on any atom is -0.497 e. The van der Waals surface area contributed by atoms with E-state index in [1.807, 2.05) is 14.1 Å². The predicted molar refractivity (Wildman–Crippen MR) is 132 cm³/mol. The molecule has 0 radical (unpaired) electrons. The fourth-order valence-electron chi connectivity index (χ4n) is 5.37. The minimum absolute atomic E-state index is 0.00221. The van der Waals surface area contributed by atoms with Crippen LogP contribution in [0.4, 0.5) is 0 Å². The molecule has 2 aromatic rings. The zero-order chi connectivity index (χ0) is 26.1. The first kappa shape index (κ1) is 26.1. The van der Waals surface area contributed by atoms with Crippen LogP contribution in [-0.2, 0) is 20.7 Å². The Morgan fingerprint density at radius 2 is 1.81 bits per heavy atom. The van der Waals surface area contributed by atoms with Crippen LogP contribution in [-0.4, -0.2) is 75.8 Å². The van der Waals surface area contributed by atoms with Crippen molar-refractivity contribution in [3.8, 4) is 23.0 Å². The molecule has 1 heterocycles. The van der Waals surface area contributed by atoms with Crippen LogP contribution in [0, 0.1) is 5.92 Å². The van der Waals surface area contributed by atoms with Crippen LogP contribution in [0.15, 0.2) is 36.4 Å². The van der Waals surface area contributed by atoms with Gasteiger partial charge in [-0.25, -0.2) is 0 Å². The van der Waals surface area contributed by atoms with Gasteiger partial charge in [-0.1, -0.05) is 12.1 Å². The van der Waals surface area contributed by atoms with Gasteiger partial charge in [0.05, 0.1) is 39.4 Å². The van der Waals surface area contributed by atoms with Gasteiger partial charge in [-0.3, -0.25) is 4.79 Å². The number of ether oxygens (including phenoxy) is 5. The summed E-state index contributed by atoms with van der Waals surface area (Å²) < 4.78 is 28.3. The standard InChI is InChI=1S/C27H35NO8/c1-28(2)12-6-7-13-35-19-14-21(33-4)23-22(15-19)36-26(17-8-10-18(32-3)11-9-17)16-20(25(30)34-5)24(29)27(23,26)31/h8-11,14-15,20,24,29,31H,6-7,12-13,16H2,1-5H3/t20-,24-,26-,27+/m1/s1. The highest BCUT2D eigenvalue weighted by Crippen LogP contribution is 2.65. The number of methoxy groups -OCH3 is 3. The molecular formula is C27H35NO8. The van der Waals surface area contributed by atoms with Crippen molar-refractivity contribution in [3.63, 3.8) is 0 Å². The monoisotopic (exact) mass is 501 g/mol. The zero-order valence-corrected chi connectivity index (χ0v) is 21.4. The third kappa shape index (κ3) is 4.15. The van der Waals surface area contributed by atoms with Crippen LogP contribution in [0.1, 0.15) is 30.4 Å². The summed E-state index contributed by atoms with van der Waals surface area (Å²) in [7, 11) is 8.36. The van der Waals surface area contributed by atoms with Crippen molar-refractivity contribution in [2.75, 3.05) is 48.6 Å². The van der Waals surface area contributed by atoms with Gasteiger partial charge in [0.2, 0.25) is 0 Å². The van der Waals surface area contributed by atoms with Crippen LogP contribution in [0.2, 0.25) is 0 Å². The Kier molecular flexibility index (Phi) is 7.36. The van der Waals surface area contributed by atoms with Crippen molar-refractivity contribution < 1.29 is 38.7 Å². The summed E-state index contributed by atoms with van der Waals surface area (Å²) >= 11 is 0. The number of benzene rings is 2. The highest BCUT2D eigenvalue weighted by Gasteiger charge is 2.73. The van der Waals surface area contributed by atoms with E-state index in [2.05, 4.69) is 4.90 Å². The number of rotatable bonds is 10. The highest BCUT2D eigenvalue weighted by molar-refractivity contribution is 5.76. The normalized spacial score (nSPS) is 26.2. The van der Waals surface area contributed by atoms with Crippen molar-refractivity contribution in [3.05, 3.63) is 47.5 Å². The summed E-state index contributed by atoms with van der Waals surface area (Å²) in [4.78, 5) is 14.7. The van der Waals surface area contributed by atoms with E-state index >= 15 is 0 Å². The van der Waals surface area contributed by atoms with E-state index in [0.717, 1.165) is 19.4 Å². The van der Waals surface area contributed by atoms with Crippen LogP contribution in [0.3, 0.4) is 0 Å². The predicted octanol–water partition coefficient (Wildman–Crippen LogP) is 2.45. The molecule has 1 aliphatic heterocycles. The van der Waals surface area contributed by atoms with E-state index in [1.165, 1.54) is 14.2 Å². The number of esters is 1. The molecule has 0 bridgehead atoms. The number of aliphatic hydroxyl groups excluding tert-OH is 1. The summed E-state index contributed by atoms with van der Waals surface area (Å²) in [6, 6.07) is 10.4. The molecule has 4 atom stereocenters. The second-order valence-corrected chi connectivity index (χ2v) is 9.56. The maximum Gasteiger partial charge on any atom is 0.311 e. The van der Waals surface area contributed by atoms with E-state index in [0.29, 0.717) is 35.2 Å². The van der Waals surface area contributed by atoms with Crippen molar-refractivity contribution in [1.29, 1.82) is 0 Å². The average molecular weight is 502 g/mol. The summed E-state index contributed by atoms with van der Waals surface area (Å²) in [5.41, 5.74) is -2.58. The Bertz CT molecular complexity index is 1090. The summed E-state index contributed by atoms with van der Waals surface area (Å²) in [5.74, 6) is 0.159. The molecule has 1 saturated carbocycles. The van der Waals surface area contributed by atoms with Gasteiger partial charge in [-0.2, -0.15) is 0 Å². The van der Waals surface area contributed by atoms with Gasteiger partial charge in [0.1, 0.15) is 29.1 Å². The number of aliphatic hydroxyl groups is 2. The van der Waals surface area contributed by atoms with E-state index < -0.39 is 29.2 Å². The lowest BCUT2D eigenvalue weighted by Gasteiger charge is -2.37. The van der Waals surface area contributed by atoms with Crippen LogP contribution in [0.5, 0.6) is 23.0 Å². The largest absolute Gasteiger partial charge is 0.497 e. The van der Waals surface area contributed by atoms with Crippen LogP contribution >= 0.6 is 0 Å². The second-order valence-electron chi connectivity index (χ2n) is 9.56. The number of nitrogens with zero attached hydrogens (tertiary/aromatic N) is 1. The molecule has 0 spiro atoms. The van der Waals surface area contributed by atoms with E-state index in [4.69, 9.17) is 23.7 Å². The number of hydrogen-bond acceptors (Lipinski definition) is 9. The third-order valence-electron chi connectivity index (χ3n) is 7.19. The first-order chi connectivity index (χ1) is 17.2. The zero-order valence-electron chi connectivity index (χ0n) is 21.4. The van der Waals surface area contributed by atoms with Crippen molar-refractivity contribution in [1.82, 2.24) is 4.90 Å². The second kappa shape index (κ2) is 10.2.